The maximum atomic E-state index is 13.6. The summed E-state index contributed by atoms with van der Waals surface area (Å²) >= 11 is 0. The topological polar surface area (TPSA) is 69.0 Å². The number of halogens is 3. The van der Waals surface area contributed by atoms with E-state index in [-0.39, 0.29) is 31.5 Å². The minimum absolute atomic E-state index is 0.0387. The summed E-state index contributed by atoms with van der Waals surface area (Å²) in [6.45, 7) is 7.06. The highest BCUT2D eigenvalue weighted by molar-refractivity contribution is 5.82. The van der Waals surface area contributed by atoms with Gasteiger partial charge < -0.3 is 9.64 Å². The number of nitrogens with zero attached hydrogens (tertiary/aromatic N) is 6. The van der Waals surface area contributed by atoms with Crippen LogP contribution in [-0.2, 0) is 10.2 Å². The van der Waals surface area contributed by atoms with Crippen molar-refractivity contribution in [3.63, 3.8) is 0 Å². The zero-order valence-corrected chi connectivity index (χ0v) is 20.6. The van der Waals surface area contributed by atoms with E-state index in [0.717, 1.165) is 35.6 Å². The number of aromatic nitrogens is 5. The van der Waals surface area contributed by atoms with Crippen molar-refractivity contribution in [2.75, 3.05) is 18.0 Å². The molecule has 5 fully saturated rings. The van der Waals surface area contributed by atoms with Crippen molar-refractivity contribution in [3.05, 3.63) is 41.1 Å². The summed E-state index contributed by atoms with van der Waals surface area (Å²) in [7, 11) is 0. The largest absolute Gasteiger partial charge is 0.394 e. The second-order valence-electron chi connectivity index (χ2n) is 11.5. The lowest BCUT2D eigenvalue weighted by Gasteiger charge is -2.70. The molecule has 4 saturated carbocycles. The molecule has 190 valence electrons. The van der Waals surface area contributed by atoms with Gasteiger partial charge in [-0.1, -0.05) is 0 Å². The normalized spacial score (nSPS) is 31.9. The lowest BCUT2D eigenvalue weighted by Crippen LogP contribution is -2.70. The van der Waals surface area contributed by atoms with Crippen molar-refractivity contribution < 1.29 is 17.9 Å². The summed E-state index contributed by atoms with van der Waals surface area (Å²) in [6.07, 6.45) is 2.19. The maximum Gasteiger partial charge on any atom is 0.394 e. The molecule has 8 rings (SSSR count). The SMILES string of the molecule is Cc1nc2cc(N3C[C@H](C)O[C@@H](c4cnn(C5CC5)c4)C3)nc(C34CC(C(F)(F)F)(C3)C4)c2nc1C. The van der Waals surface area contributed by atoms with E-state index in [0.29, 0.717) is 35.9 Å². The summed E-state index contributed by atoms with van der Waals surface area (Å²) < 4.78 is 49.2. The van der Waals surface area contributed by atoms with E-state index < -0.39 is 17.0 Å². The number of pyridine rings is 1. The highest BCUT2D eigenvalue weighted by Gasteiger charge is 2.79. The van der Waals surface area contributed by atoms with E-state index in [1.165, 1.54) is 0 Å². The molecule has 0 aromatic carbocycles. The first-order chi connectivity index (χ1) is 17.1. The van der Waals surface area contributed by atoms with Gasteiger partial charge in [0.15, 0.2) is 0 Å². The molecular weight excluding hydrogens is 469 g/mol. The number of alkyl halides is 3. The van der Waals surface area contributed by atoms with Crippen LogP contribution < -0.4 is 4.90 Å². The molecule has 7 nitrogen and oxygen atoms in total. The quantitative estimate of drug-likeness (QED) is 0.497. The lowest BCUT2D eigenvalue weighted by molar-refractivity contribution is -0.337. The van der Waals surface area contributed by atoms with Crippen LogP contribution in [0.5, 0.6) is 0 Å². The third kappa shape index (κ3) is 3.22. The second-order valence-corrected chi connectivity index (χ2v) is 11.5. The second kappa shape index (κ2) is 7.18. The molecule has 0 N–H and O–H groups in total. The molecule has 0 spiro atoms. The molecule has 4 heterocycles. The van der Waals surface area contributed by atoms with Crippen molar-refractivity contribution >= 4 is 16.9 Å². The van der Waals surface area contributed by atoms with Gasteiger partial charge in [0.2, 0.25) is 0 Å². The number of ether oxygens (including phenoxy) is 1. The van der Waals surface area contributed by atoms with Crippen LogP contribution in [0.15, 0.2) is 18.5 Å². The third-order valence-corrected chi connectivity index (χ3v) is 8.68. The van der Waals surface area contributed by atoms with E-state index >= 15 is 0 Å². The summed E-state index contributed by atoms with van der Waals surface area (Å²) in [5.74, 6) is 0.732. The summed E-state index contributed by atoms with van der Waals surface area (Å²) in [6, 6.07) is 2.44. The van der Waals surface area contributed by atoms with Gasteiger partial charge in [-0.3, -0.25) is 4.68 Å². The number of fused-ring (bicyclic) bond motifs is 1. The Kier molecular flexibility index (Phi) is 4.47. The Labute approximate surface area is 207 Å². The highest BCUT2D eigenvalue weighted by atomic mass is 19.4. The average Bonchev–Trinajstić information content (AvgIpc) is 3.48. The van der Waals surface area contributed by atoms with Crippen molar-refractivity contribution in [3.8, 4) is 0 Å². The van der Waals surface area contributed by atoms with Crippen LogP contribution in [-0.4, -0.2) is 50.1 Å². The van der Waals surface area contributed by atoms with E-state index in [1.54, 1.807) is 0 Å². The molecule has 3 aromatic heterocycles. The molecule has 10 heteroatoms. The van der Waals surface area contributed by atoms with Crippen LogP contribution >= 0.6 is 0 Å². The van der Waals surface area contributed by atoms with Crippen LogP contribution in [0.1, 0.15) is 73.8 Å². The van der Waals surface area contributed by atoms with Gasteiger partial charge in [0.1, 0.15) is 17.4 Å². The number of hydrogen-bond acceptors (Lipinski definition) is 6. The van der Waals surface area contributed by atoms with E-state index in [1.807, 2.05) is 37.7 Å². The number of aryl methyl sites for hydroxylation is 2. The fraction of sp³-hybridized carbons (Fsp3) is 0.615. The van der Waals surface area contributed by atoms with Gasteiger partial charge in [-0.05, 0) is 52.9 Å². The fourth-order valence-electron chi connectivity index (χ4n) is 6.47. The fourth-order valence-corrected chi connectivity index (χ4v) is 6.47. The molecule has 0 amide bonds. The Morgan fingerprint density at radius 2 is 1.75 bits per heavy atom. The van der Waals surface area contributed by atoms with Crippen molar-refractivity contribution in [1.29, 1.82) is 0 Å². The van der Waals surface area contributed by atoms with Crippen molar-refractivity contribution in [2.24, 2.45) is 5.41 Å². The first kappa shape index (κ1) is 22.4. The Bertz CT molecular complexity index is 1360. The smallest absolute Gasteiger partial charge is 0.367 e. The molecule has 5 aliphatic rings. The van der Waals surface area contributed by atoms with Crippen molar-refractivity contribution in [2.45, 2.75) is 82.7 Å². The monoisotopic (exact) mass is 498 g/mol. The molecule has 2 bridgehead atoms. The third-order valence-electron chi connectivity index (χ3n) is 8.68. The lowest BCUT2D eigenvalue weighted by atomic mass is 9.34. The van der Waals surface area contributed by atoms with E-state index in [9.17, 15) is 13.2 Å². The Hall–Kier alpha value is -2.75. The molecule has 1 saturated heterocycles. The number of hydrogen-bond donors (Lipinski definition) is 0. The van der Waals surface area contributed by atoms with Gasteiger partial charge in [0, 0.05) is 29.8 Å². The summed E-state index contributed by atoms with van der Waals surface area (Å²) in [4.78, 5) is 16.7. The molecule has 1 aliphatic heterocycles. The number of anilines is 1. The van der Waals surface area contributed by atoms with E-state index in [2.05, 4.69) is 16.2 Å². The van der Waals surface area contributed by atoms with Gasteiger partial charge in [-0.2, -0.15) is 18.3 Å². The maximum absolute atomic E-state index is 13.6. The van der Waals surface area contributed by atoms with Gasteiger partial charge in [-0.25, -0.2) is 15.0 Å². The number of rotatable bonds is 4. The minimum atomic E-state index is -4.17. The van der Waals surface area contributed by atoms with Crippen LogP contribution in [0, 0.1) is 19.3 Å². The van der Waals surface area contributed by atoms with Crippen LogP contribution in [0.4, 0.5) is 19.0 Å². The van der Waals surface area contributed by atoms with Gasteiger partial charge >= 0.3 is 6.18 Å². The van der Waals surface area contributed by atoms with Crippen LogP contribution in [0.3, 0.4) is 0 Å². The predicted molar refractivity (Wildman–Crippen MR) is 127 cm³/mol. The first-order valence-corrected chi connectivity index (χ1v) is 12.7. The molecule has 4 aliphatic carbocycles. The highest BCUT2D eigenvalue weighted by Crippen LogP contribution is 2.78. The van der Waals surface area contributed by atoms with Crippen LogP contribution in [0.2, 0.25) is 0 Å². The van der Waals surface area contributed by atoms with Crippen LogP contribution in [0.25, 0.3) is 11.0 Å². The standard InChI is InChI=1S/C26H29F3N6O/c1-14-8-34(10-20(36-14)17-7-30-35(9-17)18-4-5-18)21-6-19-22(32-16(3)15(2)31-19)23(33-21)24-11-25(12-24,13-24)26(27,28)29/h6-7,9,14,18,20H,4-5,8,10-13H2,1-3H3/t14-,20+,24?,25?/m0/s1. The predicted octanol–water partition coefficient (Wildman–Crippen LogP) is 5.12. The number of morpholine rings is 1. The summed E-state index contributed by atoms with van der Waals surface area (Å²) in [5.41, 5.74) is 2.53. The molecule has 36 heavy (non-hydrogen) atoms. The van der Waals surface area contributed by atoms with Gasteiger partial charge in [0.25, 0.3) is 0 Å². The zero-order valence-electron chi connectivity index (χ0n) is 20.6. The van der Waals surface area contributed by atoms with Gasteiger partial charge in [-0.15, -0.1) is 0 Å². The van der Waals surface area contributed by atoms with Gasteiger partial charge in [0.05, 0.1) is 52.9 Å². The Morgan fingerprint density at radius 1 is 1.03 bits per heavy atom. The summed E-state index contributed by atoms with van der Waals surface area (Å²) in [5, 5.41) is 4.52. The minimum Gasteiger partial charge on any atom is -0.367 e. The Morgan fingerprint density at radius 3 is 2.44 bits per heavy atom. The van der Waals surface area contributed by atoms with Crippen molar-refractivity contribution in [1.82, 2.24) is 24.7 Å². The molecule has 0 unspecified atom stereocenters. The average molecular weight is 499 g/mol. The first-order valence-electron chi connectivity index (χ1n) is 12.7. The molecular formula is C26H29F3N6O. The van der Waals surface area contributed by atoms with E-state index in [4.69, 9.17) is 19.7 Å². The Balaban J connectivity index is 1.26. The molecule has 0 radical (unpaired) electrons. The molecule has 3 aromatic rings. The molecule has 2 atom stereocenters. The zero-order chi connectivity index (χ0) is 25.0.